The van der Waals surface area contributed by atoms with Crippen molar-refractivity contribution in [1.82, 2.24) is 4.90 Å². The van der Waals surface area contributed by atoms with Gasteiger partial charge < -0.3 is 10.1 Å². The lowest BCUT2D eigenvalue weighted by Gasteiger charge is -2.12. The first-order valence-corrected chi connectivity index (χ1v) is 9.45. The van der Waals surface area contributed by atoms with Crippen LogP contribution in [0.25, 0.3) is 6.08 Å². The molecule has 1 aliphatic rings. The smallest absolute Gasteiger partial charge is 0.294 e. The Labute approximate surface area is 167 Å². The van der Waals surface area contributed by atoms with E-state index in [1.165, 1.54) is 0 Å². The van der Waals surface area contributed by atoms with Crippen molar-refractivity contribution in [2.75, 3.05) is 19.0 Å². The molecule has 1 N–H and O–H groups in total. The SMILES string of the molecule is COc1cc(C=C2SC(=O)N(CC(=O)Nc3ccc(C)cc3)C2=O)ccc1C. The minimum Gasteiger partial charge on any atom is -0.496 e. The second-order valence-corrected chi connectivity index (χ2v) is 7.40. The van der Waals surface area contributed by atoms with E-state index in [0.717, 1.165) is 33.4 Å². The summed E-state index contributed by atoms with van der Waals surface area (Å²) in [5.74, 6) is -0.205. The third kappa shape index (κ3) is 4.43. The maximum atomic E-state index is 12.6. The number of amides is 3. The number of hydrogen-bond donors (Lipinski definition) is 1. The summed E-state index contributed by atoms with van der Waals surface area (Å²) in [5.41, 5.74) is 3.41. The minimum atomic E-state index is -0.478. The molecule has 7 heteroatoms. The molecular formula is C21H20N2O4S. The Morgan fingerprint density at radius 3 is 2.54 bits per heavy atom. The predicted molar refractivity (Wildman–Crippen MR) is 110 cm³/mol. The lowest BCUT2D eigenvalue weighted by atomic mass is 10.1. The number of nitrogens with zero attached hydrogens (tertiary/aromatic N) is 1. The van der Waals surface area contributed by atoms with E-state index in [2.05, 4.69) is 5.32 Å². The molecule has 1 saturated heterocycles. The van der Waals surface area contributed by atoms with Gasteiger partial charge in [-0.3, -0.25) is 19.3 Å². The van der Waals surface area contributed by atoms with Crippen LogP contribution in [0.4, 0.5) is 10.5 Å². The van der Waals surface area contributed by atoms with Crippen molar-refractivity contribution in [1.29, 1.82) is 0 Å². The molecule has 2 aromatic rings. The highest BCUT2D eigenvalue weighted by Crippen LogP contribution is 2.33. The summed E-state index contributed by atoms with van der Waals surface area (Å²) in [5, 5.41) is 2.23. The van der Waals surface area contributed by atoms with Gasteiger partial charge in [-0.25, -0.2) is 0 Å². The summed E-state index contributed by atoms with van der Waals surface area (Å²) in [4.78, 5) is 38.3. The molecule has 2 aromatic carbocycles. The zero-order chi connectivity index (χ0) is 20.3. The number of rotatable bonds is 5. The molecule has 6 nitrogen and oxygen atoms in total. The van der Waals surface area contributed by atoms with E-state index in [-0.39, 0.29) is 11.4 Å². The molecule has 0 atom stereocenters. The van der Waals surface area contributed by atoms with Crippen LogP contribution < -0.4 is 10.1 Å². The van der Waals surface area contributed by atoms with Crippen LogP contribution >= 0.6 is 11.8 Å². The van der Waals surface area contributed by atoms with Crippen molar-refractivity contribution < 1.29 is 19.1 Å². The zero-order valence-corrected chi connectivity index (χ0v) is 16.6. The van der Waals surface area contributed by atoms with E-state index in [0.29, 0.717) is 11.4 Å². The summed E-state index contributed by atoms with van der Waals surface area (Å²) in [6.07, 6.45) is 1.63. The summed E-state index contributed by atoms with van der Waals surface area (Å²) in [7, 11) is 1.58. The van der Waals surface area contributed by atoms with Crippen LogP contribution in [0.3, 0.4) is 0 Å². The fraction of sp³-hybridized carbons (Fsp3) is 0.190. The standard InChI is InChI=1S/C21H20N2O4S/c1-13-4-8-16(9-5-13)22-19(24)12-23-20(25)18(28-21(23)26)11-15-7-6-14(2)17(10-15)27-3/h4-11H,12H2,1-3H3,(H,22,24). The van der Waals surface area contributed by atoms with Gasteiger partial charge >= 0.3 is 0 Å². The Morgan fingerprint density at radius 2 is 1.86 bits per heavy atom. The Hall–Kier alpha value is -3.06. The Kier molecular flexibility index (Phi) is 5.84. The maximum Gasteiger partial charge on any atom is 0.294 e. The quantitative estimate of drug-likeness (QED) is 0.774. The number of thioether (sulfide) groups is 1. The van der Waals surface area contributed by atoms with Crippen LogP contribution in [0.5, 0.6) is 5.75 Å². The number of methoxy groups -OCH3 is 1. The number of benzene rings is 2. The van der Waals surface area contributed by atoms with Crippen molar-refractivity contribution in [3.63, 3.8) is 0 Å². The van der Waals surface area contributed by atoms with Gasteiger partial charge in [0.15, 0.2) is 0 Å². The van der Waals surface area contributed by atoms with Crippen molar-refractivity contribution >= 4 is 40.6 Å². The number of ether oxygens (including phenoxy) is 1. The fourth-order valence-corrected chi connectivity index (χ4v) is 3.53. The van der Waals surface area contributed by atoms with Crippen molar-refractivity contribution in [3.8, 4) is 5.75 Å². The molecule has 3 amide bonds. The molecule has 1 heterocycles. The zero-order valence-electron chi connectivity index (χ0n) is 15.8. The van der Waals surface area contributed by atoms with Crippen LogP contribution in [0.1, 0.15) is 16.7 Å². The molecule has 28 heavy (non-hydrogen) atoms. The van der Waals surface area contributed by atoms with E-state index < -0.39 is 17.1 Å². The summed E-state index contributed by atoms with van der Waals surface area (Å²) in [6, 6.07) is 12.8. The topological polar surface area (TPSA) is 75.7 Å². The molecule has 3 rings (SSSR count). The molecule has 1 aliphatic heterocycles. The van der Waals surface area contributed by atoms with Crippen LogP contribution in [0, 0.1) is 13.8 Å². The Bertz CT molecular complexity index is 967. The normalized spacial score (nSPS) is 15.2. The first-order chi connectivity index (χ1) is 13.4. The van der Waals surface area contributed by atoms with Crippen molar-refractivity contribution in [3.05, 3.63) is 64.1 Å². The van der Waals surface area contributed by atoms with E-state index in [1.807, 2.05) is 38.1 Å². The van der Waals surface area contributed by atoms with Crippen LogP contribution in [-0.4, -0.2) is 35.6 Å². The lowest BCUT2D eigenvalue weighted by Crippen LogP contribution is -2.36. The monoisotopic (exact) mass is 396 g/mol. The number of hydrogen-bond acceptors (Lipinski definition) is 5. The molecule has 0 aromatic heterocycles. The Morgan fingerprint density at radius 1 is 1.14 bits per heavy atom. The molecule has 0 bridgehead atoms. The van der Waals surface area contributed by atoms with E-state index in [9.17, 15) is 14.4 Å². The largest absolute Gasteiger partial charge is 0.496 e. The third-order valence-corrected chi connectivity index (χ3v) is 5.15. The van der Waals surface area contributed by atoms with E-state index >= 15 is 0 Å². The number of aryl methyl sites for hydroxylation is 2. The molecule has 0 radical (unpaired) electrons. The fourth-order valence-electron chi connectivity index (χ4n) is 2.70. The second kappa shape index (κ2) is 8.31. The van der Waals surface area contributed by atoms with Crippen LogP contribution in [0.2, 0.25) is 0 Å². The van der Waals surface area contributed by atoms with Crippen molar-refractivity contribution in [2.24, 2.45) is 0 Å². The molecular weight excluding hydrogens is 376 g/mol. The van der Waals surface area contributed by atoms with Gasteiger partial charge in [-0.1, -0.05) is 29.8 Å². The highest BCUT2D eigenvalue weighted by Gasteiger charge is 2.36. The number of carbonyl (C=O) groups excluding carboxylic acids is 3. The molecule has 0 unspecified atom stereocenters. The third-order valence-electron chi connectivity index (χ3n) is 4.24. The van der Waals surface area contributed by atoms with Crippen LogP contribution in [0.15, 0.2) is 47.4 Å². The van der Waals surface area contributed by atoms with Gasteiger partial charge in [0.1, 0.15) is 12.3 Å². The van der Waals surface area contributed by atoms with Crippen LogP contribution in [-0.2, 0) is 9.59 Å². The minimum absolute atomic E-state index is 0.277. The van der Waals surface area contributed by atoms with E-state index in [4.69, 9.17) is 4.74 Å². The predicted octanol–water partition coefficient (Wildman–Crippen LogP) is 3.99. The summed E-state index contributed by atoms with van der Waals surface area (Å²) in [6.45, 7) is 3.54. The molecule has 0 aliphatic carbocycles. The molecule has 0 spiro atoms. The van der Waals surface area contributed by atoms with Gasteiger partial charge in [0, 0.05) is 5.69 Å². The first-order valence-electron chi connectivity index (χ1n) is 8.64. The number of nitrogens with one attached hydrogen (secondary N) is 1. The first kappa shape index (κ1) is 19.7. The van der Waals surface area contributed by atoms with Gasteiger partial charge in [0.25, 0.3) is 11.1 Å². The maximum absolute atomic E-state index is 12.6. The summed E-state index contributed by atoms with van der Waals surface area (Å²) >= 11 is 0.822. The van der Waals surface area contributed by atoms with Gasteiger partial charge in [-0.05, 0) is 61.0 Å². The van der Waals surface area contributed by atoms with Crippen molar-refractivity contribution in [2.45, 2.75) is 13.8 Å². The highest BCUT2D eigenvalue weighted by molar-refractivity contribution is 8.18. The Balaban J connectivity index is 1.70. The average Bonchev–Trinajstić information content (AvgIpc) is 2.92. The molecule has 144 valence electrons. The van der Waals surface area contributed by atoms with Gasteiger partial charge in [-0.15, -0.1) is 0 Å². The number of carbonyl (C=O) groups is 3. The highest BCUT2D eigenvalue weighted by atomic mass is 32.2. The van der Waals surface area contributed by atoms with Gasteiger partial charge in [-0.2, -0.15) is 0 Å². The van der Waals surface area contributed by atoms with Gasteiger partial charge in [0.05, 0.1) is 12.0 Å². The number of anilines is 1. The van der Waals surface area contributed by atoms with E-state index in [1.54, 1.807) is 31.4 Å². The summed E-state index contributed by atoms with van der Waals surface area (Å²) < 4.78 is 5.28. The van der Waals surface area contributed by atoms with Gasteiger partial charge in [0.2, 0.25) is 5.91 Å². The number of imide groups is 1. The second-order valence-electron chi connectivity index (χ2n) is 6.41. The average molecular weight is 396 g/mol. The molecule has 0 saturated carbocycles. The molecule has 1 fully saturated rings. The lowest BCUT2D eigenvalue weighted by molar-refractivity contribution is -0.127.